The molecule has 24 heavy (non-hydrogen) atoms. The minimum absolute atomic E-state index is 0.193. The Kier molecular flexibility index (Phi) is 8.72. The lowest BCUT2D eigenvalue weighted by atomic mass is 10.1. The number of hydrogen-bond donors (Lipinski definition) is 1. The highest BCUT2D eigenvalue weighted by atomic mass is 16.5. The fraction of sp³-hybridized carbons (Fsp3) is 0.533. The molecular weight excluding hydrogens is 322 g/mol. The highest BCUT2D eigenvalue weighted by Gasteiger charge is 2.23. The zero-order chi connectivity index (χ0) is 18.9. The van der Waals surface area contributed by atoms with Gasteiger partial charge in [-0.3, -0.25) is 9.59 Å². The lowest BCUT2D eigenvalue weighted by molar-refractivity contribution is -0.873. The number of likely N-dealkylation sites (N-methyl/N-ethyl adjacent to an activating group) is 1. The van der Waals surface area contributed by atoms with Gasteiger partial charge < -0.3 is 29.0 Å². The monoisotopic (exact) mass is 343 g/mol. The second-order valence-electron chi connectivity index (χ2n) is 6.09. The molecule has 0 spiro atoms. The summed E-state index contributed by atoms with van der Waals surface area (Å²) in [6.45, 7) is 0.193. The minimum Gasteiger partial charge on any atom is -0.550 e. The summed E-state index contributed by atoms with van der Waals surface area (Å²) in [5.41, 5.74) is 0. The maximum absolute atomic E-state index is 11.6. The first-order valence-corrected chi connectivity index (χ1v) is 7.05. The van der Waals surface area contributed by atoms with Gasteiger partial charge in [-0.1, -0.05) is 0 Å². The lowest BCUT2D eigenvalue weighted by Crippen LogP contribution is -2.45. The smallest absolute Gasteiger partial charge is 0.331 e. The van der Waals surface area contributed by atoms with Crippen LogP contribution in [0.3, 0.4) is 0 Å². The van der Waals surface area contributed by atoms with Crippen LogP contribution >= 0.6 is 0 Å². The molecule has 9 nitrogen and oxygen atoms in total. The first-order chi connectivity index (χ1) is 11.0. The van der Waals surface area contributed by atoms with Crippen LogP contribution < -0.4 is 5.11 Å². The Labute approximate surface area is 139 Å². The van der Waals surface area contributed by atoms with Crippen LogP contribution in [0.4, 0.5) is 0 Å². The van der Waals surface area contributed by atoms with Crippen molar-refractivity contribution in [3.05, 3.63) is 12.2 Å². The number of aliphatic hydroxyl groups is 1. The van der Waals surface area contributed by atoms with Crippen LogP contribution in [0.1, 0.15) is 12.8 Å². The van der Waals surface area contributed by atoms with Crippen molar-refractivity contribution < 1.29 is 43.4 Å². The van der Waals surface area contributed by atoms with Crippen LogP contribution in [-0.4, -0.2) is 79.3 Å². The molecule has 0 aliphatic carbocycles. The molecule has 0 fully saturated rings. The number of hydrogen-bond acceptors (Lipinski definition) is 8. The van der Waals surface area contributed by atoms with E-state index in [0.717, 1.165) is 0 Å². The van der Waals surface area contributed by atoms with E-state index in [1.807, 2.05) is 0 Å². The number of aldehydes is 1. The Bertz CT molecular complexity index is 532. The van der Waals surface area contributed by atoms with Gasteiger partial charge in [0.1, 0.15) is 18.9 Å². The van der Waals surface area contributed by atoms with E-state index in [0.29, 0.717) is 16.6 Å². The summed E-state index contributed by atoms with van der Waals surface area (Å²) in [7, 11) is 5.30. The zero-order valence-electron chi connectivity index (χ0n) is 13.8. The van der Waals surface area contributed by atoms with Crippen LogP contribution in [0.25, 0.3) is 0 Å². The predicted molar refractivity (Wildman–Crippen MR) is 78.2 cm³/mol. The van der Waals surface area contributed by atoms with Gasteiger partial charge in [0.15, 0.2) is 6.10 Å². The number of quaternary nitrogens is 1. The van der Waals surface area contributed by atoms with Crippen LogP contribution in [-0.2, 0) is 28.7 Å². The molecule has 2 unspecified atom stereocenters. The Hall–Kier alpha value is -2.39. The molecule has 0 aliphatic heterocycles. The van der Waals surface area contributed by atoms with Gasteiger partial charge in [-0.15, -0.1) is 0 Å². The minimum atomic E-state index is -1.76. The molecule has 9 heteroatoms. The number of allylic oxidation sites excluding steroid dienone is 1. The third-order valence-corrected chi connectivity index (χ3v) is 2.66. The van der Waals surface area contributed by atoms with Crippen molar-refractivity contribution in [1.82, 2.24) is 0 Å². The maximum Gasteiger partial charge on any atom is 0.331 e. The molecule has 0 saturated heterocycles. The number of nitrogens with zero attached hydrogens (tertiary/aromatic N) is 1. The van der Waals surface area contributed by atoms with Crippen LogP contribution in [0.2, 0.25) is 0 Å². The predicted octanol–water partition coefficient (Wildman–Crippen LogP) is -2.61. The average molecular weight is 343 g/mol. The molecule has 2 atom stereocenters. The van der Waals surface area contributed by atoms with Gasteiger partial charge in [0.2, 0.25) is 11.6 Å². The second-order valence-corrected chi connectivity index (χ2v) is 6.09. The highest BCUT2D eigenvalue weighted by Crippen LogP contribution is 2.05. The van der Waals surface area contributed by atoms with Gasteiger partial charge in [0.25, 0.3) is 0 Å². The molecule has 0 bridgehead atoms. The van der Waals surface area contributed by atoms with Crippen molar-refractivity contribution in [3.8, 4) is 0 Å². The Morgan fingerprint density at radius 1 is 1.17 bits per heavy atom. The van der Waals surface area contributed by atoms with Crippen molar-refractivity contribution >= 4 is 29.8 Å². The summed E-state index contributed by atoms with van der Waals surface area (Å²) in [6, 6.07) is 0. The van der Waals surface area contributed by atoms with Gasteiger partial charge in [-0.05, 0) is 6.08 Å². The third kappa shape index (κ3) is 9.59. The first-order valence-electron chi connectivity index (χ1n) is 7.05. The molecule has 0 amide bonds. The van der Waals surface area contributed by atoms with E-state index in [9.17, 15) is 34.2 Å². The number of carboxylic acid groups (broad SMARTS) is 1. The number of carboxylic acids is 1. The molecule has 0 aliphatic rings. The molecule has 0 radical (unpaired) electrons. The van der Waals surface area contributed by atoms with Crippen molar-refractivity contribution in [2.75, 3.05) is 27.7 Å². The maximum atomic E-state index is 11.6. The van der Waals surface area contributed by atoms with Crippen LogP contribution in [0.15, 0.2) is 12.2 Å². The SMILES string of the molecule is C[N+](C)(C)CC(CC(=O)[O-])OC(=O)/C=C/C(=O)C(=O)C(O)CC=O. The van der Waals surface area contributed by atoms with E-state index in [-0.39, 0.29) is 12.8 Å². The Balaban J connectivity index is 4.76. The normalized spacial score (nSPS) is 14.0. The highest BCUT2D eigenvalue weighted by molar-refractivity contribution is 6.43. The number of ether oxygens (including phenoxy) is 1. The number of Topliss-reactive ketones (excluding diaryl/α,β-unsaturated/α-hetero) is 1. The van der Waals surface area contributed by atoms with E-state index >= 15 is 0 Å². The number of esters is 1. The molecular formula is C15H21NO8. The quantitative estimate of drug-likeness (QED) is 0.142. The number of aliphatic hydroxyl groups excluding tert-OH is 1. The van der Waals surface area contributed by atoms with Crippen molar-refractivity contribution in [2.45, 2.75) is 25.0 Å². The van der Waals surface area contributed by atoms with Crippen LogP contribution in [0, 0.1) is 0 Å². The van der Waals surface area contributed by atoms with Crippen molar-refractivity contribution in [3.63, 3.8) is 0 Å². The topological polar surface area (TPSA) is 138 Å². The fourth-order valence-corrected chi connectivity index (χ4v) is 1.73. The Morgan fingerprint density at radius 2 is 1.75 bits per heavy atom. The summed E-state index contributed by atoms with van der Waals surface area (Å²) in [5.74, 6) is -4.82. The molecule has 134 valence electrons. The van der Waals surface area contributed by atoms with E-state index in [4.69, 9.17) is 4.74 Å². The summed E-state index contributed by atoms with van der Waals surface area (Å²) < 4.78 is 5.25. The number of aliphatic carboxylic acids is 1. The van der Waals surface area contributed by atoms with Gasteiger partial charge in [-0.2, -0.15) is 0 Å². The largest absolute Gasteiger partial charge is 0.550 e. The van der Waals surface area contributed by atoms with Gasteiger partial charge in [0, 0.05) is 24.9 Å². The number of carbonyl (C=O) groups excluding carboxylic acids is 5. The number of ketones is 2. The van der Waals surface area contributed by atoms with Crippen LogP contribution in [0.5, 0.6) is 0 Å². The Morgan fingerprint density at radius 3 is 2.21 bits per heavy atom. The molecule has 1 N–H and O–H groups in total. The van der Waals surface area contributed by atoms with Gasteiger partial charge in [0.05, 0.1) is 21.1 Å². The standard InChI is InChI=1S/C15H21NO8/c1-16(2,3)9-10(8-13(20)21)24-14(22)5-4-11(18)15(23)12(19)6-7-17/h4-5,7,10,12,19H,6,8-9H2,1-3H3/b5-4+. The van der Waals surface area contributed by atoms with E-state index in [1.54, 1.807) is 21.1 Å². The number of carbonyl (C=O) groups is 5. The summed E-state index contributed by atoms with van der Waals surface area (Å²) in [6.07, 6.45) is -2.24. The summed E-state index contributed by atoms with van der Waals surface area (Å²) >= 11 is 0. The summed E-state index contributed by atoms with van der Waals surface area (Å²) in [4.78, 5) is 55.3. The third-order valence-electron chi connectivity index (χ3n) is 2.66. The molecule has 0 aromatic rings. The van der Waals surface area contributed by atoms with Gasteiger partial charge >= 0.3 is 5.97 Å². The lowest BCUT2D eigenvalue weighted by Gasteiger charge is -2.28. The second kappa shape index (κ2) is 9.68. The van der Waals surface area contributed by atoms with Gasteiger partial charge in [-0.25, -0.2) is 4.79 Å². The van der Waals surface area contributed by atoms with Crippen molar-refractivity contribution in [1.29, 1.82) is 0 Å². The molecule has 0 heterocycles. The van der Waals surface area contributed by atoms with E-state index < -0.39 is 48.6 Å². The number of rotatable bonds is 11. The summed E-state index contributed by atoms with van der Waals surface area (Å²) in [5, 5.41) is 19.9. The molecule has 0 saturated carbocycles. The van der Waals surface area contributed by atoms with Crippen molar-refractivity contribution in [2.24, 2.45) is 0 Å². The molecule has 0 aromatic heterocycles. The molecule has 0 aromatic carbocycles. The average Bonchev–Trinajstić information content (AvgIpc) is 2.41. The van der Waals surface area contributed by atoms with E-state index in [1.165, 1.54) is 0 Å². The first kappa shape index (κ1) is 21.6. The fourth-order valence-electron chi connectivity index (χ4n) is 1.73. The molecule has 0 rings (SSSR count). The zero-order valence-corrected chi connectivity index (χ0v) is 13.8. The van der Waals surface area contributed by atoms with E-state index in [2.05, 4.69) is 0 Å².